The van der Waals surface area contributed by atoms with Crippen LogP contribution >= 0.6 is 35.0 Å². The topological polar surface area (TPSA) is 45.6 Å². The predicted octanol–water partition coefficient (Wildman–Crippen LogP) is 6.20. The van der Waals surface area contributed by atoms with Gasteiger partial charge in [0.15, 0.2) is 11.0 Å². The van der Waals surface area contributed by atoms with Gasteiger partial charge in [-0.1, -0.05) is 53.5 Å². The summed E-state index contributed by atoms with van der Waals surface area (Å²) >= 11 is 13.5. The van der Waals surface area contributed by atoms with E-state index in [0.29, 0.717) is 31.5 Å². The molecular formula is C21H13Cl2N3OS. The minimum Gasteiger partial charge on any atom is -0.268 e. The molecule has 0 radical (unpaired) electrons. The first-order valence-corrected chi connectivity index (χ1v) is 9.93. The van der Waals surface area contributed by atoms with Gasteiger partial charge < -0.3 is 0 Å². The van der Waals surface area contributed by atoms with E-state index in [4.69, 9.17) is 23.2 Å². The number of halogens is 2. The van der Waals surface area contributed by atoms with Crippen LogP contribution in [-0.2, 0) is 4.79 Å². The molecule has 1 fully saturated rings. The molecule has 1 saturated heterocycles. The first-order chi connectivity index (χ1) is 13.6. The van der Waals surface area contributed by atoms with Gasteiger partial charge >= 0.3 is 0 Å². The largest absolute Gasteiger partial charge is 0.271 e. The van der Waals surface area contributed by atoms with Gasteiger partial charge in [0.25, 0.3) is 5.91 Å². The molecule has 1 aliphatic rings. The summed E-state index contributed by atoms with van der Waals surface area (Å²) in [5.74, 6) is 0.362. The molecule has 1 aliphatic heterocycles. The third-order valence-electron chi connectivity index (χ3n) is 3.93. The van der Waals surface area contributed by atoms with Gasteiger partial charge in [0.1, 0.15) is 0 Å². The number of carbonyl (C=O) groups is 1. The number of aliphatic imine (C=N–C) groups is 1. The summed E-state index contributed by atoms with van der Waals surface area (Å²) in [6, 6.07) is 20.0. The number of aromatic nitrogens is 1. The third-order valence-corrected chi connectivity index (χ3v) is 5.46. The van der Waals surface area contributed by atoms with Crippen molar-refractivity contribution in [3.63, 3.8) is 0 Å². The number of pyridine rings is 1. The van der Waals surface area contributed by atoms with Crippen molar-refractivity contribution in [2.45, 2.75) is 0 Å². The van der Waals surface area contributed by atoms with Crippen LogP contribution in [0.5, 0.6) is 0 Å². The zero-order valence-electron chi connectivity index (χ0n) is 14.4. The van der Waals surface area contributed by atoms with Crippen molar-refractivity contribution in [3.05, 3.63) is 93.4 Å². The molecule has 0 unspecified atom stereocenters. The molecule has 3 aromatic rings. The van der Waals surface area contributed by atoms with Gasteiger partial charge in [-0.05, 0) is 59.8 Å². The molecule has 0 N–H and O–H groups in total. The summed E-state index contributed by atoms with van der Waals surface area (Å²) in [5, 5.41) is 1.56. The zero-order chi connectivity index (χ0) is 19.5. The molecule has 4 nitrogen and oxygen atoms in total. The van der Waals surface area contributed by atoms with Gasteiger partial charge in [-0.3, -0.25) is 9.69 Å². The van der Waals surface area contributed by atoms with Crippen LogP contribution in [0, 0.1) is 0 Å². The van der Waals surface area contributed by atoms with E-state index in [1.165, 1.54) is 11.8 Å². The Bertz CT molecular complexity index is 1090. The lowest BCUT2D eigenvalue weighted by Crippen LogP contribution is -2.28. The zero-order valence-corrected chi connectivity index (χ0v) is 16.7. The number of thioether (sulfide) groups is 1. The number of benzene rings is 2. The van der Waals surface area contributed by atoms with Gasteiger partial charge in [0, 0.05) is 16.2 Å². The predicted molar refractivity (Wildman–Crippen MR) is 117 cm³/mol. The molecule has 0 aliphatic carbocycles. The molecule has 4 rings (SSSR count). The number of hydrogen-bond acceptors (Lipinski definition) is 4. The smallest absolute Gasteiger partial charge is 0.268 e. The van der Waals surface area contributed by atoms with Crippen molar-refractivity contribution in [2.75, 3.05) is 4.90 Å². The van der Waals surface area contributed by atoms with E-state index in [1.807, 2.05) is 42.5 Å². The molecule has 2 heterocycles. The molecule has 7 heteroatoms. The number of carbonyl (C=O) groups excluding carboxylic acids is 1. The Labute approximate surface area is 176 Å². The van der Waals surface area contributed by atoms with Crippen molar-refractivity contribution in [2.24, 2.45) is 4.99 Å². The maximum Gasteiger partial charge on any atom is 0.271 e. The van der Waals surface area contributed by atoms with E-state index in [1.54, 1.807) is 41.4 Å². The normalized spacial score (nSPS) is 16.9. The molecule has 1 aromatic heterocycles. The van der Waals surface area contributed by atoms with Crippen LogP contribution in [-0.4, -0.2) is 16.1 Å². The first kappa shape index (κ1) is 18.7. The van der Waals surface area contributed by atoms with E-state index in [0.717, 1.165) is 5.69 Å². The second-order valence-corrected chi connectivity index (χ2v) is 7.69. The Kier molecular flexibility index (Phi) is 5.48. The van der Waals surface area contributed by atoms with Crippen LogP contribution in [0.25, 0.3) is 6.08 Å². The van der Waals surface area contributed by atoms with Crippen molar-refractivity contribution in [3.8, 4) is 0 Å². The van der Waals surface area contributed by atoms with Crippen LogP contribution in [0.3, 0.4) is 0 Å². The average molecular weight is 426 g/mol. The summed E-state index contributed by atoms with van der Waals surface area (Å²) in [7, 11) is 0. The molecule has 2 aromatic carbocycles. The molecule has 28 heavy (non-hydrogen) atoms. The summed E-state index contributed by atoms with van der Waals surface area (Å²) in [4.78, 5) is 24.1. The van der Waals surface area contributed by atoms with Gasteiger partial charge in [-0.2, -0.15) is 0 Å². The van der Waals surface area contributed by atoms with Gasteiger partial charge in [-0.15, -0.1) is 0 Å². The lowest BCUT2D eigenvalue weighted by molar-refractivity contribution is -0.113. The minimum atomic E-state index is -0.170. The number of para-hydroxylation sites is 1. The highest BCUT2D eigenvalue weighted by Crippen LogP contribution is 2.37. The fraction of sp³-hybridized carbons (Fsp3) is 0. The maximum absolute atomic E-state index is 13.2. The molecule has 138 valence electrons. The number of anilines is 1. The summed E-state index contributed by atoms with van der Waals surface area (Å²) < 4.78 is 0. The minimum absolute atomic E-state index is 0.170. The summed E-state index contributed by atoms with van der Waals surface area (Å²) in [6.07, 6.45) is 3.42. The fourth-order valence-electron chi connectivity index (χ4n) is 2.63. The number of hydrogen-bond donors (Lipinski definition) is 0. The Morgan fingerprint density at radius 1 is 1.00 bits per heavy atom. The Balaban J connectivity index is 1.78. The summed E-state index contributed by atoms with van der Waals surface area (Å²) in [5.41, 5.74) is 1.45. The van der Waals surface area contributed by atoms with Crippen LogP contribution in [0.1, 0.15) is 5.56 Å². The van der Waals surface area contributed by atoms with Gasteiger partial charge in [0.2, 0.25) is 0 Å². The van der Waals surface area contributed by atoms with Crippen LogP contribution in [0.4, 0.5) is 11.5 Å². The van der Waals surface area contributed by atoms with Crippen LogP contribution in [0.2, 0.25) is 10.0 Å². The second-order valence-electron chi connectivity index (χ2n) is 5.83. The van der Waals surface area contributed by atoms with Crippen molar-refractivity contribution in [1.82, 2.24) is 4.98 Å². The molecule has 0 atom stereocenters. The maximum atomic E-state index is 13.2. The van der Waals surface area contributed by atoms with E-state index in [2.05, 4.69) is 9.98 Å². The Morgan fingerprint density at radius 2 is 1.79 bits per heavy atom. The SMILES string of the molecule is O=C1/C(=C/c2ccc(Cl)cc2Cl)S/C(=N/c2ccccn2)N1c1ccccc1. The number of rotatable bonds is 3. The Hall–Kier alpha value is -2.60. The second kappa shape index (κ2) is 8.19. The lowest BCUT2D eigenvalue weighted by atomic mass is 10.2. The average Bonchev–Trinajstić information content (AvgIpc) is 3.00. The van der Waals surface area contributed by atoms with E-state index >= 15 is 0 Å². The number of amides is 1. The molecule has 0 spiro atoms. The van der Waals surface area contributed by atoms with E-state index in [9.17, 15) is 4.79 Å². The molecular weight excluding hydrogens is 413 g/mol. The highest BCUT2D eigenvalue weighted by molar-refractivity contribution is 8.19. The number of amidine groups is 1. The number of nitrogens with zero attached hydrogens (tertiary/aromatic N) is 3. The first-order valence-electron chi connectivity index (χ1n) is 8.35. The van der Waals surface area contributed by atoms with Gasteiger partial charge in [0.05, 0.1) is 10.6 Å². The molecule has 0 bridgehead atoms. The lowest BCUT2D eigenvalue weighted by Gasteiger charge is -2.15. The van der Waals surface area contributed by atoms with Gasteiger partial charge in [-0.25, -0.2) is 9.98 Å². The van der Waals surface area contributed by atoms with Crippen molar-refractivity contribution >= 4 is 63.6 Å². The highest BCUT2D eigenvalue weighted by atomic mass is 35.5. The van der Waals surface area contributed by atoms with E-state index in [-0.39, 0.29) is 5.91 Å². The van der Waals surface area contributed by atoms with Crippen LogP contribution < -0.4 is 4.90 Å². The standard InChI is InChI=1S/C21H13Cl2N3OS/c22-15-10-9-14(17(23)13-15)12-18-20(27)26(16-6-2-1-3-7-16)21(28-18)25-19-8-4-5-11-24-19/h1-13H/b18-12-,25-21+. The molecule has 0 saturated carbocycles. The quantitative estimate of drug-likeness (QED) is 0.469. The summed E-state index contributed by atoms with van der Waals surface area (Å²) in [6.45, 7) is 0. The third kappa shape index (κ3) is 3.97. The Morgan fingerprint density at radius 3 is 2.50 bits per heavy atom. The fourth-order valence-corrected chi connectivity index (χ4v) is 4.07. The van der Waals surface area contributed by atoms with Crippen molar-refractivity contribution < 1.29 is 4.79 Å². The monoisotopic (exact) mass is 425 g/mol. The van der Waals surface area contributed by atoms with E-state index < -0.39 is 0 Å². The highest BCUT2D eigenvalue weighted by Gasteiger charge is 2.34. The van der Waals surface area contributed by atoms with Crippen molar-refractivity contribution in [1.29, 1.82) is 0 Å². The van der Waals surface area contributed by atoms with Crippen LogP contribution in [0.15, 0.2) is 82.8 Å². The molecule has 1 amide bonds.